The topological polar surface area (TPSA) is 55.2 Å². The van der Waals surface area contributed by atoms with Crippen LogP contribution < -0.4 is 5.32 Å². The van der Waals surface area contributed by atoms with Crippen molar-refractivity contribution in [2.75, 3.05) is 13.1 Å². The van der Waals surface area contributed by atoms with Gasteiger partial charge in [0, 0.05) is 11.8 Å². The van der Waals surface area contributed by atoms with Crippen molar-refractivity contribution < 1.29 is 4.92 Å². The zero-order chi connectivity index (χ0) is 10.4. The average Bonchev–Trinajstić information content (AvgIpc) is 2.19. The van der Waals surface area contributed by atoms with E-state index in [1.807, 2.05) is 0 Å². The SMILES string of the molecule is CC(CNCC1CCCCC1)[N+](=O)[O-]. The summed E-state index contributed by atoms with van der Waals surface area (Å²) in [4.78, 5) is 10.1. The number of hydrogen-bond acceptors (Lipinski definition) is 3. The van der Waals surface area contributed by atoms with Gasteiger partial charge in [-0.15, -0.1) is 0 Å². The Bertz CT molecular complexity index is 179. The van der Waals surface area contributed by atoms with Crippen LogP contribution in [0.4, 0.5) is 0 Å². The van der Waals surface area contributed by atoms with Crippen molar-refractivity contribution in [3.8, 4) is 0 Å². The molecule has 0 radical (unpaired) electrons. The highest BCUT2D eigenvalue weighted by Crippen LogP contribution is 2.22. The lowest BCUT2D eigenvalue weighted by Gasteiger charge is -2.21. The van der Waals surface area contributed by atoms with Gasteiger partial charge in [-0.25, -0.2) is 0 Å². The van der Waals surface area contributed by atoms with Crippen LogP contribution in [0.15, 0.2) is 0 Å². The van der Waals surface area contributed by atoms with Gasteiger partial charge >= 0.3 is 0 Å². The highest BCUT2D eigenvalue weighted by atomic mass is 16.6. The first-order chi connectivity index (χ1) is 6.70. The van der Waals surface area contributed by atoms with Gasteiger partial charge in [0.2, 0.25) is 6.04 Å². The summed E-state index contributed by atoms with van der Waals surface area (Å²) >= 11 is 0. The Morgan fingerprint density at radius 3 is 2.64 bits per heavy atom. The van der Waals surface area contributed by atoms with E-state index in [1.54, 1.807) is 6.92 Å². The molecule has 0 amide bonds. The molecular weight excluding hydrogens is 180 g/mol. The van der Waals surface area contributed by atoms with Gasteiger partial charge in [-0.2, -0.15) is 0 Å². The van der Waals surface area contributed by atoms with E-state index < -0.39 is 6.04 Å². The van der Waals surface area contributed by atoms with Crippen molar-refractivity contribution in [1.82, 2.24) is 5.32 Å². The molecule has 0 spiro atoms. The maximum Gasteiger partial charge on any atom is 0.222 e. The number of nitrogens with one attached hydrogen (secondary N) is 1. The Morgan fingerprint density at radius 1 is 1.43 bits per heavy atom. The molecule has 0 aromatic carbocycles. The minimum absolute atomic E-state index is 0.228. The molecule has 0 heterocycles. The number of nitrogens with zero attached hydrogens (tertiary/aromatic N) is 1. The zero-order valence-electron chi connectivity index (χ0n) is 8.87. The molecule has 1 saturated carbocycles. The molecule has 1 N–H and O–H groups in total. The summed E-state index contributed by atoms with van der Waals surface area (Å²) in [7, 11) is 0. The Morgan fingerprint density at radius 2 is 2.07 bits per heavy atom. The van der Waals surface area contributed by atoms with E-state index in [0.717, 1.165) is 12.5 Å². The molecule has 82 valence electrons. The molecule has 1 fully saturated rings. The third-order valence-corrected chi connectivity index (χ3v) is 2.96. The Kier molecular flexibility index (Phi) is 4.87. The summed E-state index contributed by atoms with van der Waals surface area (Å²) in [5.74, 6) is 0.753. The van der Waals surface area contributed by atoms with Gasteiger partial charge in [-0.05, 0) is 25.3 Å². The Balaban J connectivity index is 2.05. The lowest BCUT2D eigenvalue weighted by Crippen LogP contribution is -2.34. The fourth-order valence-corrected chi connectivity index (χ4v) is 1.96. The lowest BCUT2D eigenvalue weighted by molar-refractivity contribution is -0.515. The van der Waals surface area contributed by atoms with Gasteiger partial charge in [0.25, 0.3) is 0 Å². The molecule has 1 rings (SSSR count). The molecule has 4 heteroatoms. The van der Waals surface area contributed by atoms with Crippen LogP contribution in [-0.2, 0) is 0 Å². The van der Waals surface area contributed by atoms with Gasteiger partial charge < -0.3 is 5.32 Å². The molecule has 0 bridgehead atoms. The largest absolute Gasteiger partial charge is 0.310 e. The number of hydrogen-bond donors (Lipinski definition) is 1. The van der Waals surface area contributed by atoms with Crippen molar-refractivity contribution in [2.24, 2.45) is 5.92 Å². The van der Waals surface area contributed by atoms with Crippen LogP contribution in [0.25, 0.3) is 0 Å². The lowest BCUT2D eigenvalue weighted by atomic mass is 9.89. The van der Waals surface area contributed by atoms with Gasteiger partial charge in [-0.1, -0.05) is 19.3 Å². The zero-order valence-corrected chi connectivity index (χ0v) is 8.87. The first kappa shape index (κ1) is 11.4. The molecule has 1 atom stereocenters. The van der Waals surface area contributed by atoms with Crippen molar-refractivity contribution in [2.45, 2.75) is 45.1 Å². The molecule has 1 unspecified atom stereocenters. The van der Waals surface area contributed by atoms with E-state index in [4.69, 9.17) is 0 Å². The predicted octanol–water partition coefficient (Wildman–Crippen LogP) is 1.82. The number of nitro groups is 1. The third-order valence-electron chi connectivity index (χ3n) is 2.96. The van der Waals surface area contributed by atoms with Gasteiger partial charge in [0.05, 0.1) is 6.54 Å². The summed E-state index contributed by atoms with van der Waals surface area (Å²) in [6.45, 7) is 3.11. The Hall–Kier alpha value is -0.640. The molecule has 0 saturated heterocycles. The smallest absolute Gasteiger partial charge is 0.222 e. The fraction of sp³-hybridized carbons (Fsp3) is 1.00. The maximum atomic E-state index is 10.3. The molecule has 0 aromatic heterocycles. The fourth-order valence-electron chi connectivity index (χ4n) is 1.96. The first-order valence-corrected chi connectivity index (χ1v) is 5.54. The minimum Gasteiger partial charge on any atom is -0.310 e. The van der Waals surface area contributed by atoms with Crippen molar-refractivity contribution >= 4 is 0 Å². The van der Waals surface area contributed by atoms with Gasteiger partial charge in [0.1, 0.15) is 0 Å². The minimum atomic E-state index is -0.460. The van der Waals surface area contributed by atoms with E-state index in [9.17, 15) is 10.1 Å². The second kappa shape index (κ2) is 5.96. The van der Waals surface area contributed by atoms with E-state index in [2.05, 4.69) is 5.32 Å². The summed E-state index contributed by atoms with van der Waals surface area (Å²) in [5.41, 5.74) is 0. The monoisotopic (exact) mass is 200 g/mol. The van der Waals surface area contributed by atoms with Crippen molar-refractivity contribution in [3.63, 3.8) is 0 Å². The molecule has 1 aliphatic rings. The van der Waals surface area contributed by atoms with Crippen LogP contribution in [-0.4, -0.2) is 24.1 Å². The highest BCUT2D eigenvalue weighted by molar-refractivity contribution is 4.68. The van der Waals surface area contributed by atoms with Crippen LogP contribution in [0.5, 0.6) is 0 Å². The average molecular weight is 200 g/mol. The predicted molar refractivity (Wildman–Crippen MR) is 55.9 cm³/mol. The molecule has 1 aliphatic carbocycles. The highest BCUT2D eigenvalue weighted by Gasteiger charge is 2.15. The van der Waals surface area contributed by atoms with Crippen LogP contribution in [0.2, 0.25) is 0 Å². The Labute approximate surface area is 85.2 Å². The standard InChI is InChI=1S/C10H20N2O2/c1-9(12(13)14)7-11-8-10-5-3-2-4-6-10/h9-11H,2-8H2,1H3. The van der Waals surface area contributed by atoms with E-state index in [0.29, 0.717) is 6.54 Å². The molecular formula is C10H20N2O2. The van der Waals surface area contributed by atoms with Crippen molar-refractivity contribution in [1.29, 1.82) is 0 Å². The van der Waals surface area contributed by atoms with Gasteiger partial charge in [0.15, 0.2) is 0 Å². The summed E-state index contributed by atoms with van der Waals surface area (Å²) in [5, 5.41) is 13.5. The third kappa shape index (κ3) is 4.05. The quantitative estimate of drug-likeness (QED) is 0.544. The summed E-state index contributed by atoms with van der Waals surface area (Å²) in [6.07, 6.45) is 6.61. The molecule has 14 heavy (non-hydrogen) atoms. The first-order valence-electron chi connectivity index (χ1n) is 5.54. The van der Waals surface area contributed by atoms with E-state index in [1.165, 1.54) is 32.1 Å². The van der Waals surface area contributed by atoms with Crippen LogP contribution in [0, 0.1) is 16.0 Å². The van der Waals surface area contributed by atoms with E-state index in [-0.39, 0.29) is 4.92 Å². The van der Waals surface area contributed by atoms with Crippen LogP contribution in [0.1, 0.15) is 39.0 Å². The normalized spacial score (nSPS) is 20.6. The second-order valence-corrected chi connectivity index (χ2v) is 4.30. The van der Waals surface area contributed by atoms with Crippen molar-refractivity contribution in [3.05, 3.63) is 10.1 Å². The summed E-state index contributed by atoms with van der Waals surface area (Å²) < 4.78 is 0. The van der Waals surface area contributed by atoms with E-state index >= 15 is 0 Å². The summed E-state index contributed by atoms with van der Waals surface area (Å²) in [6, 6.07) is -0.460. The second-order valence-electron chi connectivity index (χ2n) is 4.30. The maximum absolute atomic E-state index is 10.3. The molecule has 0 aromatic rings. The van der Waals surface area contributed by atoms with Gasteiger partial charge in [-0.3, -0.25) is 10.1 Å². The molecule has 4 nitrogen and oxygen atoms in total. The number of rotatable bonds is 5. The van der Waals surface area contributed by atoms with Crippen LogP contribution in [0.3, 0.4) is 0 Å². The van der Waals surface area contributed by atoms with Crippen LogP contribution >= 0.6 is 0 Å². The molecule has 0 aliphatic heterocycles.